The Morgan fingerprint density at radius 3 is 2.26 bits per heavy atom. The van der Waals surface area contributed by atoms with Crippen LogP contribution in [0.1, 0.15) is 40.2 Å². The number of benzene rings is 1. The SMILES string of the molecule is CC(C)NCC(C)(Cc1ccc(F)cc1F)C(C)C. The van der Waals surface area contributed by atoms with Gasteiger partial charge in [0.25, 0.3) is 0 Å². The molecule has 1 unspecified atom stereocenters. The molecule has 0 aromatic heterocycles. The molecule has 0 radical (unpaired) electrons. The molecule has 19 heavy (non-hydrogen) atoms. The van der Waals surface area contributed by atoms with E-state index in [1.807, 2.05) is 0 Å². The summed E-state index contributed by atoms with van der Waals surface area (Å²) in [5, 5.41) is 3.42. The van der Waals surface area contributed by atoms with Gasteiger partial charge < -0.3 is 5.32 Å². The van der Waals surface area contributed by atoms with E-state index in [9.17, 15) is 8.78 Å². The van der Waals surface area contributed by atoms with Crippen LogP contribution >= 0.6 is 0 Å². The fourth-order valence-electron chi connectivity index (χ4n) is 2.01. The molecule has 0 aliphatic carbocycles. The van der Waals surface area contributed by atoms with Crippen LogP contribution in [0.25, 0.3) is 0 Å². The van der Waals surface area contributed by atoms with Crippen molar-refractivity contribution in [1.82, 2.24) is 5.32 Å². The summed E-state index contributed by atoms with van der Waals surface area (Å²) in [6, 6.07) is 4.25. The second kappa shape index (κ2) is 6.47. The number of rotatable bonds is 6. The molecule has 108 valence electrons. The van der Waals surface area contributed by atoms with Gasteiger partial charge in [-0.05, 0) is 29.4 Å². The molecule has 1 atom stereocenters. The fourth-order valence-corrected chi connectivity index (χ4v) is 2.01. The summed E-state index contributed by atoms with van der Waals surface area (Å²) in [4.78, 5) is 0. The van der Waals surface area contributed by atoms with E-state index in [2.05, 4.69) is 39.9 Å². The van der Waals surface area contributed by atoms with Gasteiger partial charge in [0.05, 0.1) is 0 Å². The van der Waals surface area contributed by atoms with Crippen LogP contribution in [-0.4, -0.2) is 12.6 Å². The van der Waals surface area contributed by atoms with E-state index in [4.69, 9.17) is 0 Å². The summed E-state index contributed by atoms with van der Waals surface area (Å²) in [6.45, 7) is 11.4. The van der Waals surface area contributed by atoms with Crippen LogP contribution in [0, 0.1) is 23.0 Å². The first kappa shape index (κ1) is 16.1. The first-order valence-corrected chi connectivity index (χ1v) is 6.92. The van der Waals surface area contributed by atoms with Crippen LogP contribution in [0.2, 0.25) is 0 Å². The monoisotopic (exact) mass is 269 g/mol. The highest BCUT2D eigenvalue weighted by atomic mass is 19.1. The van der Waals surface area contributed by atoms with Gasteiger partial charge >= 0.3 is 0 Å². The van der Waals surface area contributed by atoms with Crippen molar-refractivity contribution in [2.45, 2.75) is 47.1 Å². The molecule has 0 spiro atoms. The number of hydrogen-bond donors (Lipinski definition) is 1. The zero-order valence-electron chi connectivity index (χ0n) is 12.6. The van der Waals surface area contributed by atoms with Gasteiger partial charge in [-0.3, -0.25) is 0 Å². The van der Waals surface area contributed by atoms with Crippen molar-refractivity contribution in [3.63, 3.8) is 0 Å². The van der Waals surface area contributed by atoms with Crippen molar-refractivity contribution in [2.24, 2.45) is 11.3 Å². The normalized spacial score (nSPS) is 15.0. The van der Waals surface area contributed by atoms with Crippen molar-refractivity contribution in [3.8, 4) is 0 Å². The Labute approximate surface area is 115 Å². The number of nitrogens with one attached hydrogen (secondary N) is 1. The summed E-state index contributed by atoms with van der Waals surface area (Å²) in [6.07, 6.45) is 0.608. The molecule has 1 N–H and O–H groups in total. The molecule has 0 heterocycles. The van der Waals surface area contributed by atoms with Gasteiger partial charge in [-0.1, -0.05) is 40.7 Å². The third-order valence-corrected chi connectivity index (χ3v) is 3.92. The van der Waals surface area contributed by atoms with E-state index >= 15 is 0 Å². The quantitative estimate of drug-likeness (QED) is 0.817. The molecule has 0 saturated heterocycles. The molecule has 1 aromatic carbocycles. The molecule has 1 nitrogen and oxygen atoms in total. The minimum atomic E-state index is -0.521. The Hall–Kier alpha value is -0.960. The number of hydrogen-bond acceptors (Lipinski definition) is 1. The van der Waals surface area contributed by atoms with Crippen molar-refractivity contribution in [2.75, 3.05) is 6.54 Å². The van der Waals surface area contributed by atoms with Gasteiger partial charge in [0.2, 0.25) is 0 Å². The zero-order chi connectivity index (χ0) is 14.6. The van der Waals surface area contributed by atoms with Crippen molar-refractivity contribution < 1.29 is 8.78 Å². The van der Waals surface area contributed by atoms with Gasteiger partial charge in [0, 0.05) is 18.7 Å². The zero-order valence-corrected chi connectivity index (χ0v) is 12.6. The molecular formula is C16H25F2N. The Bertz CT molecular complexity index is 415. The third kappa shape index (κ3) is 4.57. The maximum atomic E-state index is 13.8. The van der Waals surface area contributed by atoms with Gasteiger partial charge in [-0.15, -0.1) is 0 Å². The van der Waals surface area contributed by atoms with Crippen molar-refractivity contribution in [1.29, 1.82) is 0 Å². The van der Waals surface area contributed by atoms with Crippen LogP contribution < -0.4 is 5.32 Å². The molecule has 0 fully saturated rings. The fraction of sp³-hybridized carbons (Fsp3) is 0.625. The Kier molecular flexibility index (Phi) is 5.48. The van der Waals surface area contributed by atoms with E-state index in [0.717, 1.165) is 12.6 Å². The maximum Gasteiger partial charge on any atom is 0.129 e. The predicted octanol–water partition coefficient (Wildman–Crippen LogP) is 4.17. The molecule has 0 aliphatic heterocycles. The summed E-state index contributed by atoms with van der Waals surface area (Å²) in [7, 11) is 0. The predicted molar refractivity (Wildman–Crippen MR) is 76.1 cm³/mol. The first-order chi connectivity index (χ1) is 8.74. The summed E-state index contributed by atoms with van der Waals surface area (Å²) >= 11 is 0. The Balaban J connectivity index is 2.88. The van der Waals surface area contributed by atoms with E-state index in [0.29, 0.717) is 23.9 Å². The van der Waals surface area contributed by atoms with Gasteiger partial charge in [-0.2, -0.15) is 0 Å². The Morgan fingerprint density at radius 1 is 1.16 bits per heavy atom. The lowest BCUT2D eigenvalue weighted by molar-refractivity contribution is 0.200. The minimum Gasteiger partial charge on any atom is -0.314 e. The molecule has 3 heteroatoms. The molecular weight excluding hydrogens is 244 g/mol. The summed E-state index contributed by atoms with van der Waals surface area (Å²) in [5.41, 5.74) is 0.534. The molecule has 0 amide bonds. The van der Waals surface area contributed by atoms with Gasteiger partial charge in [-0.25, -0.2) is 8.78 Å². The van der Waals surface area contributed by atoms with Crippen molar-refractivity contribution >= 4 is 0 Å². The minimum absolute atomic E-state index is 0.0526. The third-order valence-electron chi connectivity index (χ3n) is 3.92. The topological polar surface area (TPSA) is 12.0 Å². The highest BCUT2D eigenvalue weighted by Crippen LogP contribution is 2.31. The average molecular weight is 269 g/mol. The smallest absolute Gasteiger partial charge is 0.129 e. The highest BCUT2D eigenvalue weighted by molar-refractivity contribution is 5.20. The van der Waals surface area contributed by atoms with Crippen LogP contribution in [-0.2, 0) is 6.42 Å². The molecule has 0 saturated carbocycles. The summed E-state index contributed by atoms with van der Waals surface area (Å²) in [5.74, 6) is -0.563. The van der Waals surface area contributed by atoms with E-state index < -0.39 is 11.6 Å². The molecule has 0 bridgehead atoms. The van der Waals surface area contributed by atoms with Crippen molar-refractivity contribution in [3.05, 3.63) is 35.4 Å². The molecule has 1 aromatic rings. The van der Waals surface area contributed by atoms with Gasteiger partial charge in [0.15, 0.2) is 0 Å². The molecule has 1 rings (SSSR count). The highest BCUT2D eigenvalue weighted by Gasteiger charge is 2.29. The van der Waals surface area contributed by atoms with Gasteiger partial charge in [0.1, 0.15) is 11.6 Å². The first-order valence-electron chi connectivity index (χ1n) is 6.92. The lowest BCUT2D eigenvalue weighted by Gasteiger charge is -2.35. The van der Waals surface area contributed by atoms with E-state index in [-0.39, 0.29) is 5.41 Å². The van der Waals surface area contributed by atoms with Crippen LogP contribution in [0.4, 0.5) is 8.78 Å². The second-order valence-corrected chi connectivity index (χ2v) is 6.26. The number of halogens is 2. The molecule has 0 aliphatic rings. The Morgan fingerprint density at radius 2 is 1.79 bits per heavy atom. The summed E-state index contributed by atoms with van der Waals surface area (Å²) < 4.78 is 26.7. The lowest BCUT2D eigenvalue weighted by Crippen LogP contribution is -2.40. The second-order valence-electron chi connectivity index (χ2n) is 6.26. The largest absolute Gasteiger partial charge is 0.314 e. The van der Waals surface area contributed by atoms with Crippen LogP contribution in [0.3, 0.4) is 0 Å². The van der Waals surface area contributed by atoms with E-state index in [1.54, 1.807) is 6.07 Å². The van der Waals surface area contributed by atoms with Crippen LogP contribution in [0.15, 0.2) is 18.2 Å². The van der Waals surface area contributed by atoms with Crippen LogP contribution in [0.5, 0.6) is 0 Å². The average Bonchev–Trinajstić information content (AvgIpc) is 2.30. The lowest BCUT2D eigenvalue weighted by atomic mass is 9.74. The maximum absolute atomic E-state index is 13.8. The standard InChI is InChI=1S/C16H25F2N/c1-11(2)16(5,10-19-12(3)4)9-13-6-7-14(17)8-15(13)18/h6-8,11-12,19H,9-10H2,1-5H3. The van der Waals surface area contributed by atoms with E-state index in [1.165, 1.54) is 6.07 Å².